The van der Waals surface area contributed by atoms with Crippen molar-refractivity contribution in [3.63, 3.8) is 0 Å². The smallest absolute Gasteiger partial charge is 0.227 e. The van der Waals surface area contributed by atoms with Crippen molar-refractivity contribution in [2.24, 2.45) is 0 Å². The second-order valence-corrected chi connectivity index (χ2v) is 5.69. The Morgan fingerprint density at radius 3 is 2.72 bits per heavy atom. The summed E-state index contributed by atoms with van der Waals surface area (Å²) in [7, 11) is 0. The molecule has 1 N–H and O–H groups in total. The van der Waals surface area contributed by atoms with E-state index in [-0.39, 0.29) is 23.7 Å². The SMILES string of the molecule is Cc1ccccc1CNC(=O)CCc1nc(-c2ccccc2F)no1. The first kappa shape index (κ1) is 16.8. The average molecular weight is 339 g/mol. The van der Waals surface area contributed by atoms with E-state index in [0.717, 1.165) is 11.1 Å². The van der Waals surface area contributed by atoms with Gasteiger partial charge in [-0.1, -0.05) is 41.6 Å². The monoisotopic (exact) mass is 339 g/mol. The molecule has 0 aliphatic heterocycles. The molecular formula is C19H18FN3O2. The van der Waals surface area contributed by atoms with Gasteiger partial charge in [0.2, 0.25) is 17.6 Å². The van der Waals surface area contributed by atoms with Crippen LogP contribution in [-0.2, 0) is 17.8 Å². The Morgan fingerprint density at radius 2 is 1.92 bits per heavy atom. The summed E-state index contributed by atoms with van der Waals surface area (Å²) in [6.45, 7) is 2.49. The number of aromatic nitrogens is 2. The van der Waals surface area contributed by atoms with E-state index in [1.807, 2.05) is 31.2 Å². The van der Waals surface area contributed by atoms with E-state index in [9.17, 15) is 9.18 Å². The van der Waals surface area contributed by atoms with Crippen LogP contribution in [0.2, 0.25) is 0 Å². The lowest BCUT2D eigenvalue weighted by atomic mass is 10.1. The number of benzene rings is 2. The molecule has 0 saturated carbocycles. The number of nitrogens with one attached hydrogen (secondary N) is 1. The molecule has 0 aliphatic rings. The minimum Gasteiger partial charge on any atom is -0.352 e. The third-order valence-electron chi connectivity index (χ3n) is 3.89. The van der Waals surface area contributed by atoms with Crippen LogP contribution in [0.1, 0.15) is 23.4 Å². The van der Waals surface area contributed by atoms with Gasteiger partial charge in [0.15, 0.2) is 0 Å². The van der Waals surface area contributed by atoms with Crippen LogP contribution in [0.5, 0.6) is 0 Å². The number of rotatable bonds is 6. The molecule has 2 aromatic carbocycles. The summed E-state index contributed by atoms with van der Waals surface area (Å²) in [6.07, 6.45) is 0.534. The fourth-order valence-corrected chi connectivity index (χ4v) is 2.42. The van der Waals surface area contributed by atoms with E-state index in [1.165, 1.54) is 6.07 Å². The second-order valence-electron chi connectivity index (χ2n) is 5.69. The minimum absolute atomic E-state index is 0.103. The maximum atomic E-state index is 13.7. The molecule has 0 bridgehead atoms. The molecule has 0 saturated heterocycles. The van der Waals surface area contributed by atoms with E-state index in [0.29, 0.717) is 18.9 Å². The van der Waals surface area contributed by atoms with Gasteiger partial charge in [0, 0.05) is 19.4 Å². The van der Waals surface area contributed by atoms with Gasteiger partial charge in [0.05, 0.1) is 5.56 Å². The number of hydrogen-bond acceptors (Lipinski definition) is 4. The van der Waals surface area contributed by atoms with Crippen LogP contribution in [0, 0.1) is 12.7 Å². The van der Waals surface area contributed by atoms with E-state index < -0.39 is 5.82 Å². The lowest BCUT2D eigenvalue weighted by Gasteiger charge is -2.07. The Bertz CT molecular complexity index is 876. The van der Waals surface area contributed by atoms with Crippen LogP contribution in [0.25, 0.3) is 11.4 Å². The van der Waals surface area contributed by atoms with Crippen LogP contribution in [0.3, 0.4) is 0 Å². The van der Waals surface area contributed by atoms with Crippen LogP contribution >= 0.6 is 0 Å². The summed E-state index contributed by atoms with van der Waals surface area (Å²) in [5.74, 6) is -0.0163. The van der Waals surface area contributed by atoms with Gasteiger partial charge in [-0.2, -0.15) is 4.98 Å². The maximum Gasteiger partial charge on any atom is 0.227 e. The summed E-state index contributed by atoms with van der Waals surface area (Å²) in [4.78, 5) is 16.1. The molecule has 1 aromatic heterocycles. The summed E-state index contributed by atoms with van der Waals surface area (Å²) >= 11 is 0. The Balaban J connectivity index is 1.53. The van der Waals surface area contributed by atoms with Gasteiger partial charge in [0.1, 0.15) is 5.82 Å². The normalized spacial score (nSPS) is 10.6. The van der Waals surface area contributed by atoms with Crippen molar-refractivity contribution in [3.8, 4) is 11.4 Å². The van der Waals surface area contributed by atoms with Gasteiger partial charge in [-0.05, 0) is 30.2 Å². The highest BCUT2D eigenvalue weighted by Gasteiger charge is 2.13. The minimum atomic E-state index is -0.411. The number of carbonyl (C=O) groups excluding carboxylic acids is 1. The molecule has 128 valence electrons. The molecule has 3 aromatic rings. The molecule has 1 amide bonds. The molecule has 3 rings (SSSR count). The van der Waals surface area contributed by atoms with Crippen LogP contribution in [0.4, 0.5) is 4.39 Å². The van der Waals surface area contributed by atoms with E-state index in [4.69, 9.17) is 4.52 Å². The molecule has 1 heterocycles. The van der Waals surface area contributed by atoms with E-state index in [1.54, 1.807) is 18.2 Å². The van der Waals surface area contributed by atoms with Gasteiger partial charge in [-0.25, -0.2) is 4.39 Å². The molecule has 0 fully saturated rings. The van der Waals surface area contributed by atoms with Crippen molar-refractivity contribution in [2.75, 3.05) is 0 Å². The zero-order valence-corrected chi connectivity index (χ0v) is 13.8. The number of amides is 1. The Labute approximate surface area is 144 Å². The lowest BCUT2D eigenvalue weighted by molar-refractivity contribution is -0.121. The van der Waals surface area contributed by atoms with Gasteiger partial charge < -0.3 is 9.84 Å². The molecule has 0 aliphatic carbocycles. The number of halogens is 1. The highest BCUT2D eigenvalue weighted by atomic mass is 19.1. The van der Waals surface area contributed by atoms with Crippen molar-refractivity contribution >= 4 is 5.91 Å². The average Bonchev–Trinajstić information content (AvgIpc) is 3.08. The molecule has 6 heteroatoms. The zero-order valence-electron chi connectivity index (χ0n) is 13.8. The highest BCUT2D eigenvalue weighted by Crippen LogP contribution is 2.19. The van der Waals surface area contributed by atoms with Crippen molar-refractivity contribution in [2.45, 2.75) is 26.3 Å². The first-order valence-corrected chi connectivity index (χ1v) is 8.02. The van der Waals surface area contributed by atoms with Crippen molar-refractivity contribution in [1.29, 1.82) is 0 Å². The molecular weight excluding hydrogens is 321 g/mol. The summed E-state index contributed by atoms with van der Waals surface area (Å²) < 4.78 is 18.8. The van der Waals surface area contributed by atoms with Gasteiger partial charge in [-0.3, -0.25) is 4.79 Å². The molecule has 5 nitrogen and oxygen atoms in total. The number of hydrogen-bond donors (Lipinski definition) is 1. The Hall–Kier alpha value is -3.02. The van der Waals surface area contributed by atoms with Crippen molar-refractivity contribution in [1.82, 2.24) is 15.5 Å². The topological polar surface area (TPSA) is 68.0 Å². The number of nitrogens with zero attached hydrogens (tertiary/aromatic N) is 2. The Morgan fingerprint density at radius 1 is 1.16 bits per heavy atom. The first-order valence-electron chi connectivity index (χ1n) is 8.02. The summed E-state index contributed by atoms with van der Waals surface area (Å²) in [5, 5.41) is 6.64. The maximum absolute atomic E-state index is 13.7. The van der Waals surface area contributed by atoms with Crippen LogP contribution < -0.4 is 5.32 Å². The fourth-order valence-electron chi connectivity index (χ4n) is 2.42. The molecule has 0 spiro atoms. The summed E-state index contributed by atoms with van der Waals surface area (Å²) in [5.41, 5.74) is 2.49. The van der Waals surface area contributed by atoms with Gasteiger partial charge in [-0.15, -0.1) is 0 Å². The predicted octanol–water partition coefficient (Wildman–Crippen LogP) is 3.43. The van der Waals surface area contributed by atoms with Crippen molar-refractivity contribution in [3.05, 3.63) is 71.4 Å². The Kier molecular flexibility index (Phi) is 5.18. The molecule has 0 atom stereocenters. The second kappa shape index (κ2) is 7.70. The third kappa shape index (κ3) is 4.29. The number of aryl methyl sites for hydroxylation is 2. The van der Waals surface area contributed by atoms with E-state index >= 15 is 0 Å². The first-order chi connectivity index (χ1) is 12.1. The summed E-state index contributed by atoms with van der Waals surface area (Å²) in [6, 6.07) is 14.1. The fraction of sp³-hybridized carbons (Fsp3) is 0.211. The molecule has 25 heavy (non-hydrogen) atoms. The zero-order chi connectivity index (χ0) is 17.6. The van der Waals surface area contributed by atoms with Crippen molar-refractivity contribution < 1.29 is 13.7 Å². The quantitative estimate of drug-likeness (QED) is 0.747. The largest absolute Gasteiger partial charge is 0.352 e. The lowest BCUT2D eigenvalue weighted by Crippen LogP contribution is -2.23. The highest BCUT2D eigenvalue weighted by molar-refractivity contribution is 5.76. The molecule has 0 unspecified atom stereocenters. The van der Waals surface area contributed by atoms with Gasteiger partial charge >= 0.3 is 0 Å². The molecule has 0 radical (unpaired) electrons. The van der Waals surface area contributed by atoms with Crippen LogP contribution in [-0.4, -0.2) is 16.0 Å². The van der Waals surface area contributed by atoms with Crippen LogP contribution in [0.15, 0.2) is 53.1 Å². The van der Waals surface area contributed by atoms with Gasteiger partial charge in [0.25, 0.3) is 0 Å². The predicted molar refractivity (Wildman–Crippen MR) is 91.0 cm³/mol. The number of carbonyl (C=O) groups is 1. The third-order valence-corrected chi connectivity index (χ3v) is 3.89. The standard InChI is InChI=1S/C19H18FN3O2/c1-13-6-2-3-7-14(13)12-21-17(24)10-11-18-22-19(23-25-18)15-8-4-5-9-16(15)20/h2-9H,10-12H2,1H3,(H,21,24). The van der Waals surface area contributed by atoms with E-state index in [2.05, 4.69) is 15.5 Å².